The third-order valence-electron chi connectivity index (χ3n) is 8.48. The number of benzene rings is 3. The van der Waals surface area contributed by atoms with Crippen molar-refractivity contribution in [2.45, 2.75) is 0 Å². The van der Waals surface area contributed by atoms with Crippen molar-refractivity contribution in [3.63, 3.8) is 0 Å². The van der Waals surface area contributed by atoms with Crippen molar-refractivity contribution in [3.05, 3.63) is 115 Å². The van der Waals surface area contributed by atoms with Crippen molar-refractivity contribution in [3.8, 4) is 66.6 Å². The van der Waals surface area contributed by atoms with Gasteiger partial charge >= 0.3 is 0 Å². The molecule has 8 nitrogen and oxygen atoms in total. The van der Waals surface area contributed by atoms with Crippen molar-refractivity contribution in [1.29, 1.82) is 0 Å². The van der Waals surface area contributed by atoms with Crippen molar-refractivity contribution in [1.82, 2.24) is 29.9 Å². The molecule has 0 saturated carbocycles. The number of hydrogen-bond donors (Lipinski definition) is 3. The Morgan fingerprint density at radius 2 is 1.60 bits per heavy atom. The summed E-state index contributed by atoms with van der Waals surface area (Å²) in [6.45, 7) is 0. The number of hydrogen-bond acceptors (Lipinski definition) is 7. The van der Waals surface area contributed by atoms with Crippen LogP contribution in [0.25, 0.3) is 98.5 Å². The minimum Gasteiger partial charge on any atom is -0.455 e. The second-order valence-electron chi connectivity index (χ2n) is 11.1. The lowest BCUT2D eigenvalue weighted by molar-refractivity contribution is 0.575. The van der Waals surface area contributed by atoms with Gasteiger partial charge in [0.05, 0.1) is 16.6 Å². The van der Waals surface area contributed by atoms with Gasteiger partial charge in [-0.3, -0.25) is 0 Å². The van der Waals surface area contributed by atoms with Crippen molar-refractivity contribution in [2.24, 2.45) is 0 Å². The van der Waals surface area contributed by atoms with Crippen LogP contribution in [0.1, 0.15) is 0 Å². The predicted octanol–water partition coefficient (Wildman–Crippen LogP) is 10.6. The lowest BCUT2D eigenvalue weighted by Gasteiger charge is -2.19. The highest BCUT2D eigenvalue weighted by Gasteiger charge is 2.33. The van der Waals surface area contributed by atoms with E-state index < -0.39 is 0 Å². The van der Waals surface area contributed by atoms with Crippen LogP contribution in [0.2, 0.25) is 0 Å². The molecule has 47 heavy (non-hydrogen) atoms. The van der Waals surface area contributed by atoms with Crippen LogP contribution in [0.15, 0.2) is 124 Å². The number of nitrogens with zero attached hydrogens (tertiary/aromatic N) is 3. The Hall–Kier alpha value is -5.97. The normalized spacial score (nSPS) is 11.8. The summed E-state index contributed by atoms with van der Waals surface area (Å²) >= 11 is 3.25. The summed E-state index contributed by atoms with van der Waals surface area (Å²) in [6.07, 6.45) is 10.8. The van der Waals surface area contributed by atoms with E-state index in [-0.39, 0.29) is 0 Å². The number of para-hydroxylation sites is 2. The van der Waals surface area contributed by atoms with E-state index in [0.717, 1.165) is 92.6 Å². The van der Waals surface area contributed by atoms with Gasteiger partial charge in [0.15, 0.2) is 0 Å². The van der Waals surface area contributed by atoms with Crippen molar-refractivity contribution >= 4 is 54.6 Å². The smallest absolute Gasteiger partial charge is 0.228 e. The summed E-state index contributed by atoms with van der Waals surface area (Å²) in [5, 5.41) is 6.02. The molecular formula is C37H22N6O2S2. The summed E-state index contributed by atoms with van der Waals surface area (Å²) in [5.41, 5.74) is 8.57. The first-order valence-corrected chi connectivity index (χ1v) is 16.7. The highest BCUT2D eigenvalue weighted by atomic mass is 32.1. The van der Waals surface area contributed by atoms with Gasteiger partial charge in [-0.15, -0.1) is 22.7 Å². The van der Waals surface area contributed by atoms with Gasteiger partial charge in [-0.25, -0.2) is 15.0 Å². The van der Waals surface area contributed by atoms with Gasteiger partial charge in [0, 0.05) is 90.2 Å². The molecule has 0 aliphatic carbocycles. The molecule has 0 saturated heterocycles. The Kier molecular flexibility index (Phi) is 5.74. The van der Waals surface area contributed by atoms with Gasteiger partial charge in [0.1, 0.15) is 28.4 Å². The minimum atomic E-state index is 0.509. The van der Waals surface area contributed by atoms with Gasteiger partial charge in [-0.2, -0.15) is 0 Å². The Morgan fingerprint density at radius 1 is 0.681 bits per heavy atom. The van der Waals surface area contributed by atoms with Crippen LogP contribution in [0, 0.1) is 0 Å². The molecular weight excluding hydrogens is 625 g/mol. The van der Waals surface area contributed by atoms with Crippen molar-refractivity contribution < 1.29 is 8.83 Å². The summed E-state index contributed by atoms with van der Waals surface area (Å²) in [7, 11) is 0. The van der Waals surface area contributed by atoms with Crippen LogP contribution in [0.5, 0.6) is 0 Å². The molecule has 0 bridgehead atoms. The Bertz CT molecular complexity index is 2610. The first-order valence-electron chi connectivity index (χ1n) is 15.0. The zero-order chi connectivity index (χ0) is 30.9. The summed E-state index contributed by atoms with van der Waals surface area (Å²) in [5.74, 6) is 1.99. The van der Waals surface area contributed by atoms with Gasteiger partial charge < -0.3 is 23.8 Å². The monoisotopic (exact) mass is 646 g/mol. The lowest BCUT2D eigenvalue weighted by atomic mass is 9.87. The van der Waals surface area contributed by atoms with E-state index in [0.29, 0.717) is 5.89 Å². The number of thiophene rings is 1. The van der Waals surface area contributed by atoms with E-state index in [1.807, 2.05) is 54.3 Å². The third kappa shape index (κ3) is 4.02. The molecule has 0 aliphatic heterocycles. The number of furan rings is 1. The average Bonchev–Trinajstić information content (AvgIpc) is 3.96. The predicted molar refractivity (Wildman–Crippen MR) is 188 cm³/mol. The van der Waals surface area contributed by atoms with Crippen LogP contribution >= 0.6 is 22.7 Å². The van der Waals surface area contributed by atoms with Crippen LogP contribution in [-0.4, -0.2) is 29.9 Å². The fraction of sp³-hybridized carbons (Fsp3) is 0. The molecule has 0 fully saturated rings. The Labute approximate surface area is 274 Å². The van der Waals surface area contributed by atoms with E-state index in [4.69, 9.17) is 23.8 Å². The number of imidazole rings is 1. The molecule has 0 amide bonds. The van der Waals surface area contributed by atoms with E-state index >= 15 is 0 Å². The quantitative estimate of drug-likeness (QED) is 0.166. The molecule has 0 unspecified atom stereocenters. The van der Waals surface area contributed by atoms with Gasteiger partial charge in [-0.05, 0) is 36.4 Å². The molecule has 3 aromatic carbocycles. The van der Waals surface area contributed by atoms with Crippen LogP contribution in [0.4, 0.5) is 0 Å². The summed E-state index contributed by atoms with van der Waals surface area (Å²) in [6, 6.07) is 24.8. The fourth-order valence-electron chi connectivity index (χ4n) is 6.57. The van der Waals surface area contributed by atoms with Crippen molar-refractivity contribution in [2.75, 3.05) is 0 Å². The van der Waals surface area contributed by atoms with Crippen LogP contribution in [-0.2, 0) is 0 Å². The molecule has 10 rings (SSSR count). The zero-order valence-corrected chi connectivity index (χ0v) is 26.1. The van der Waals surface area contributed by atoms with E-state index in [9.17, 15) is 0 Å². The standard InChI is InChI=1S/C37H22N6O2S2/c1-3-8-22-20(6-1)18-24(43-22)28-27(23-9-5-11-38-23)29-32(36-41-14-16-44-36)33(26-19-21-7-2-4-10-25(21)45-26)47-34(29)31(35-39-12-13-40-35)30(28)37-42-15-17-46-37/h1-19,38,43H,(H,39,40). The SMILES string of the molecule is c1c[nH]c(-c2c(-c3cc4ccccc4[nH]3)c(-c3nccs3)c(-c3ncc[nH]3)c3sc(-c4cc5ccccc5o4)c(-c4ncco4)c23)c1. The molecule has 224 valence electrons. The lowest BCUT2D eigenvalue weighted by Crippen LogP contribution is -1.97. The molecule has 0 aliphatic rings. The molecule has 10 heteroatoms. The minimum absolute atomic E-state index is 0.509. The number of fused-ring (bicyclic) bond motifs is 3. The third-order valence-corrected chi connectivity index (χ3v) is 10.5. The number of H-pyrrole nitrogens is 3. The van der Waals surface area contributed by atoms with E-state index in [1.165, 1.54) is 0 Å². The molecule has 3 N–H and O–H groups in total. The highest BCUT2D eigenvalue weighted by Crippen LogP contribution is 2.57. The second kappa shape index (κ2) is 10.3. The number of nitrogens with one attached hydrogen (secondary N) is 3. The number of oxazole rings is 1. The van der Waals surface area contributed by atoms with Crippen LogP contribution < -0.4 is 0 Å². The summed E-state index contributed by atoms with van der Waals surface area (Å²) < 4.78 is 13.7. The second-order valence-corrected chi connectivity index (χ2v) is 13.0. The summed E-state index contributed by atoms with van der Waals surface area (Å²) in [4.78, 5) is 26.1. The number of aromatic amines is 3. The average molecular weight is 647 g/mol. The molecule has 0 spiro atoms. The number of thiazole rings is 1. The van der Waals surface area contributed by atoms with Gasteiger partial charge in [-0.1, -0.05) is 36.4 Å². The fourth-order valence-corrected chi connectivity index (χ4v) is 8.57. The molecule has 7 heterocycles. The molecule has 0 atom stereocenters. The van der Waals surface area contributed by atoms with E-state index in [1.54, 1.807) is 41.3 Å². The maximum absolute atomic E-state index is 6.53. The topological polar surface area (TPSA) is 112 Å². The Morgan fingerprint density at radius 3 is 2.36 bits per heavy atom. The van der Waals surface area contributed by atoms with E-state index in [2.05, 4.69) is 57.4 Å². The van der Waals surface area contributed by atoms with Gasteiger partial charge in [0.25, 0.3) is 0 Å². The largest absolute Gasteiger partial charge is 0.455 e. The molecule has 10 aromatic rings. The van der Waals surface area contributed by atoms with Crippen LogP contribution in [0.3, 0.4) is 0 Å². The van der Waals surface area contributed by atoms with Gasteiger partial charge in [0.2, 0.25) is 5.89 Å². The first-order chi connectivity index (χ1) is 23.3. The zero-order valence-electron chi connectivity index (χ0n) is 24.4. The maximum atomic E-state index is 6.53. The number of rotatable bonds is 6. The maximum Gasteiger partial charge on any atom is 0.228 e. The first kappa shape index (κ1) is 26.3. The molecule has 7 aromatic heterocycles. The molecule has 0 radical (unpaired) electrons. The Balaban J connectivity index is 1.47. The highest BCUT2D eigenvalue weighted by molar-refractivity contribution is 7.23. The number of aromatic nitrogens is 6.